The average Bonchev–Trinajstić information content (AvgIpc) is 3.11. The summed E-state index contributed by atoms with van der Waals surface area (Å²) in [4.78, 5) is 0. The maximum absolute atomic E-state index is 2.49. The predicted molar refractivity (Wildman–Crippen MR) is 86.3 cm³/mol. The van der Waals surface area contributed by atoms with Gasteiger partial charge >= 0.3 is 0 Å². The topological polar surface area (TPSA) is 0 Å². The second kappa shape index (κ2) is 4.50. The standard InChI is InChI=1S/C18H20Si/c1-19(2,17-12-4-3-5-13-17)18(14-8-9-15-18)16-10-6-7-11-16/h3-16H,1-2H3. The van der Waals surface area contributed by atoms with E-state index in [9.17, 15) is 0 Å². The molecule has 0 saturated carbocycles. The van der Waals surface area contributed by atoms with Crippen molar-refractivity contribution in [1.82, 2.24) is 0 Å². The van der Waals surface area contributed by atoms with E-state index < -0.39 is 8.07 Å². The number of rotatable bonds is 3. The first kappa shape index (κ1) is 12.4. The number of hydrogen-bond acceptors (Lipinski definition) is 0. The van der Waals surface area contributed by atoms with Crippen LogP contribution in [0.4, 0.5) is 0 Å². The van der Waals surface area contributed by atoms with E-state index in [1.54, 1.807) is 0 Å². The molecule has 0 unspecified atom stereocenters. The van der Waals surface area contributed by atoms with Gasteiger partial charge in [-0.2, -0.15) is 0 Å². The van der Waals surface area contributed by atoms with Gasteiger partial charge in [-0.05, 0) is 0 Å². The van der Waals surface area contributed by atoms with E-state index >= 15 is 0 Å². The summed E-state index contributed by atoms with van der Waals surface area (Å²) >= 11 is 0. The van der Waals surface area contributed by atoms with Gasteiger partial charge in [-0.3, -0.25) is 0 Å². The SMILES string of the molecule is C[Si](C)(c1ccccc1)C1(C2C=CC=C2)C=CC=C1. The van der Waals surface area contributed by atoms with Gasteiger partial charge in [0.1, 0.15) is 0 Å². The van der Waals surface area contributed by atoms with Crippen LogP contribution in [-0.2, 0) is 0 Å². The highest BCUT2D eigenvalue weighted by molar-refractivity contribution is 6.93. The molecule has 0 spiro atoms. The van der Waals surface area contributed by atoms with Gasteiger partial charge < -0.3 is 0 Å². The lowest BCUT2D eigenvalue weighted by atomic mass is 9.94. The fraction of sp³-hybridized carbons (Fsp3) is 0.222. The van der Waals surface area contributed by atoms with Crippen molar-refractivity contribution in [1.29, 1.82) is 0 Å². The van der Waals surface area contributed by atoms with E-state index in [4.69, 9.17) is 0 Å². The van der Waals surface area contributed by atoms with Crippen LogP contribution in [0.25, 0.3) is 0 Å². The lowest BCUT2D eigenvalue weighted by molar-refractivity contribution is 0.688. The summed E-state index contributed by atoms with van der Waals surface area (Å²) in [5, 5.41) is 1.71. The molecule has 0 radical (unpaired) electrons. The molecule has 1 aromatic carbocycles. The number of allylic oxidation sites excluding steroid dienone is 8. The van der Waals surface area contributed by atoms with Crippen LogP contribution in [0, 0.1) is 5.92 Å². The Morgan fingerprint density at radius 1 is 0.842 bits per heavy atom. The van der Waals surface area contributed by atoms with Crippen molar-refractivity contribution in [3.63, 3.8) is 0 Å². The second-order valence-electron chi connectivity index (χ2n) is 5.94. The first-order valence-corrected chi connectivity index (χ1v) is 9.94. The molecule has 0 heterocycles. The highest BCUT2D eigenvalue weighted by Crippen LogP contribution is 2.52. The van der Waals surface area contributed by atoms with Gasteiger partial charge in [-0.1, -0.05) is 97.2 Å². The molecule has 0 N–H and O–H groups in total. The van der Waals surface area contributed by atoms with Gasteiger partial charge in [-0.25, -0.2) is 0 Å². The van der Waals surface area contributed by atoms with E-state index in [0.717, 1.165) is 0 Å². The zero-order valence-electron chi connectivity index (χ0n) is 11.6. The largest absolute Gasteiger partial charge is 0.0958 e. The summed E-state index contributed by atoms with van der Waals surface area (Å²) in [6.45, 7) is 4.98. The van der Waals surface area contributed by atoms with E-state index in [0.29, 0.717) is 5.92 Å². The van der Waals surface area contributed by atoms with Gasteiger partial charge in [0.25, 0.3) is 0 Å². The van der Waals surface area contributed by atoms with Gasteiger partial charge in [-0.15, -0.1) is 0 Å². The summed E-state index contributed by atoms with van der Waals surface area (Å²) < 4.78 is 0. The molecule has 2 aliphatic carbocycles. The summed E-state index contributed by atoms with van der Waals surface area (Å²) in [5.41, 5.74) is 0. The molecular formula is C18H20Si. The molecule has 2 aliphatic rings. The van der Waals surface area contributed by atoms with Crippen LogP contribution in [0.5, 0.6) is 0 Å². The predicted octanol–water partition coefficient (Wildman–Crippen LogP) is 4.21. The monoisotopic (exact) mass is 264 g/mol. The van der Waals surface area contributed by atoms with Crippen LogP contribution in [0.2, 0.25) is 18.1 Å². The lowest BCUT2D eigenvalue weighted by Gasteiger charge is -2.44. The Labute approximate surface area is 116 Å². The van der Waals surface area contributed by atoms with E-state index in [-0.39, 0.29) is 5.04 Å². The minimum Gasteiger partial charge on any atom is -0.0767 e. The van der Waals surface area contributed by atoms with Crippen molar-refractivity contribution >= 4 is 13.3 Å². The molecule has 0 bridgehead atoms. The first-order chi connectivity index (χ1) is 9.17. The highest BCUT2D eigenvalue weighted by Gasteiger charge is 2.49. The molecule has 1 aromatic rings. The molecule has 0 nitrogen and oxygen atoms in total. The smallest absolute Gasteiger partial charge is 0.0767 e. The van der Waals surface area contributed by atoms with Crippen molar-refractivity contribution in [3.05, 3.63) is 78.9 Å². The van der Waals surface area contributed by atoms with E-state index in [1.807, 2.05) is 0 Å². The van der Waals surface area contributed by atoms with Crippen molar-refractivity contribution in [2.75, 3.05) is 0 Å². The molecular weight excluding hydrogens is 244 g/mol. The fourth-order valence-corrected chi connectivity index (χ4v) is 6.97. The third kappa shape index (κ3) is 1.80. The molecule has 0 atom stereocenters. The Balaban J connectivity index is 2.11. The Morgan fingerprint density at radius 3 is 2.00 bits per heavy atom. The molecule has 1 heteroatoms. The van der Waals surface area contributed by atoms with Gasteiger partial charge in [0.05, 0.1) is 8.07 Å². The third-order valence-corrected chi connectivity index (χ3v) is 9.34. The van der Waals surface area contributed by atoms with Gasteiger partial charge in [0, 0.05) is 11.0 Å². The minimum absolute atomic E-state index is 0.178. The molecule has 19 heavy (non-hydrogen) atoms. The molecule has 3 rings (SSSR count). The molecule has 0 aromatic heterocycles. The summed E-state index contributed by atoms with van der Waals surface area (Å²) in [5.74, 6) is 0.504. The Hall–Kier alpha value is -1.60. The van der Waals surface area contributed by atoms with Crippen LogP contribution in [0.15, 0.2) is 78.9 Å². The van der Waals surface area contributed by atoms with Crippen LogP contribution in [0.1, 0.15) is 0 Å². The quantitative estimate of drug-likeness (QED) is 0.717. The zero-order chi connectivity index (χ0) is 13.3. The van der Waals surface area contributed by atoms with Crippen LogP contribution in [0.3, 0.4) is 0 Å². The lowest BCUT2D eigenvalue weighted by Crippen LogP contribution is -2.53. The maximum atomic E-state index is 2.49. The number of hydrogen-bond donors (Lipinski definition) is 0. The maximum Gasteiger partial charge on any atom is 0.0958 e. The highest BCUT2D eigenvalue weighted by atomic mass is 28.3. The summed E-state index contributed by atoms with van der Waals surface area (Å²) in [7, 11) is -1.64. The van der Waals surface area contributed by atoms with Crippen LogP contribution < -0.4 is 5.19 Å². The van der Waals surface area contributed by atoms with Gasteiger partial charge in [0.15, 0.2) is 0 Å². The summed E-state index contributed by atoms with van der Waals surface area (Å²) in [6.07, 6.45) is 18.3. The fourth-order valence-electron chi connectivity index (χ4n) is 3.40. The van der Waals surface area contributed by atoms with E-state index in [1.165, 1.54) is 5.19 Å². The molecule has 0 amide bonds. The van der Waals surface area contributed by atoms with Crippen molar-refractivity contribution < 1.29 is 0 Å². The molecule has 0 fully saturated rings. The van der Waals surface area contributed by atoms with E-state index in [2.05, 4.69) is 92.0 Å². The average molecular weight is 264 g/mol. The Kier molecular flexibility index (Phi) is 2.94. The van der Waals surface area contributed by atoms with Gasteiger partial charge in [0.2, 0.25) is 0 Å². The number of benzene rings is 1. The Bertz CT molecular complexity index is 549. The van der Waals surface area contributed by atoms with Crippen molar-refractivity contribution in [2.24, 2.45) is 5.92 Å². The first-order valence-electron chi connectivity index (χ1n) is 6.94. The normalized spacial score (nSPS) is 20.5. The molecule has 0 saturated heterocycles. The Morgan fingerprint density at radius 2 is 1.42 bits per heavy atom. The summed E-state index contributed by atoms with van der Waals surface area (Å²) in [6, 6.07) is 11.0. The second-order valence-corrected chi connectivity index (χ2v) is 10.6. The van der Waals surface area contributed by atoms with Crippen molar-refractivity contribution in [3.8, 4) is 0 Å². The molecule has 96 valence electrons. The zero-order valence-corrected chi connectivity index (χ0v) is 12.6. The molecule has 0 aliphatic heterocycles. The minimum atomic E-state index is -1.64. The third-order valence-electron chi connectivity index (χ3n) is 4.73. The van der Waals surface area contributed by atoms with Crippen LogP contribution >= 0.6 is 0 Å². The van der Waals surface area contributed by atoms with Crippen LogP contribution in [-0.4, -0.2) is 8.07 Å². The van der Waals surface area contributed by atoms with Crippen molar-refractivity contribution in [2.45, 2.75) is 18.1 Å².